The SMILES string of the molecule is NC(=O)c1cnccn1.NNC(=O)c1ccncc1. The van der Waals surface area contributed by atoms with Crippen molar-refractivity contribution >= 4 is 11.8 Å². The van der Waals surface area contributed by atoms with Crippen LogP contribution in [0.15, 0.2) is 43.1 Å². The number of amides is 2. The van der Waals surface area contributed by atoms with Gasteiger partial charge in [-0.3, -0.25) is 25.0 Å². The number of nitrogens with two attached hydrogens (primary N) is 2. The lowest BCUT2D eigenvalue weighted by atomic mass is 10.3. The molecule has 98 valence electrons. The van der Waals surface area contributed by atoms with Crippen LogP contribution in [0, 0.1) is 0 Å². The van der Waals surface area contributed by atoms with Gasteiger partial charge in [-0.15, -0.1) is 0 Å². The maximum Gasteiger partial charge on any atom is 0.268 e. The van der Waals surface area contributed by atoms with Crippen molar-refractivity contribution < 1.29 is 9.59 Å². The number of aromatic nitrogens is 3. The van der Waals surface area contributed by atoms with Crippen molar-refractivity contribution in [1.29, 1.82) is 0 Å². The molecule has 0 saturated carbocycles. The van der Waals surface area contributed by atoms with Crippen LogP contribution in [0.5, 0.6) is 0 Å². The summed E-state index contributed by atoms with van der Waals surface area (Å²) in [6.45, 7) is 0. The number of nitrogen functional groups attached to an aromatic ring is 1. The number of carbonyl (C=O) groups is 2. The molecule has 2 aromatic heterocycles. The van der Waals surface area contributed by atoms with Gasteiger partial charge in [0.15, 0.2) is 0 Å². The molecule has 0 fully saturated rings. The fraction of sp³-hybridized carbons (Fsp3) is 0. The lowest BCUT2D eigenvalue weighted by molar-refractivity contribution is 0.0952. The molecule has 2 amide bonds. The van der Waals surface area contributed by atoms with E-state index in [1.54, 1.807) is 12.1 Å². The van der Waals surface area contributed by atoms with Crippen LogP contribution in [0.4, 0.5) is 0 Å². The van der Waals surface area contributed by atoms with Crippen LogP contribution < -0.4 is 17.0 Å². The van der Waals surface area contributed by atoms with Gasteiger partial charge in [0.05, 0.1) is 6.20 Å². The highest BCUT2D eigenvalue weighted by Crippen LogP contribution is 1.93. The summed E-state index contributed by atoms with van der Waals surface area (Å²) in [6.07, 6.45) is 7.28. The summed E-state index contributed by atoms with van der Waals surface area (Å²) >= 11 is 0. The summed E-state index contributed by atoms with van der Waals surface area (Å²) in [6, 6.07) is 3.17. The van der Waals surface area contributed by atoms with Gasteiger partial charge in [0.2, 0.25) is 0 Å². The molecule has 8 heteroatoms. The zero-order chi connectivity index (χ0) is 14.1. The topological polar surface area (TPSA) is 137 Å². The number of hydrogen-bond acceptors (Lipinski definition) is 6. The van der Waals surface area contributed by atoms with E-state index in [1.807, 2.05) is 5.43 Å². The molecule has 0 unspecified atom stereocenters. The lowest BCUT2D eigenvalue weighted by Gasteiger charge is -1.95. The quantitative estimate of drug-likeness (QED) is 0.369. The molecule has 5 N–H and O–H groups in total. The molecular weight excluding hydrogens is 248 g/mol. The highest BCUT2D eigenvalue weighted by atomic mass is 16.2. The standard InChI is InChI=1S/C6H7N3O.C5H5N3O/c7-9-6(10)5-1-3-8-4-2-5;6-5(9)4-3-7-1-2-8-4/h1-4H,7H2,(H,9,10);1-3H,(H2,6,9). The number of nitrogens with one attached hydrogen (secondary N) is 1. The fourth-order valence-corrected chi connectivity index (χ4v) is 1.01. The molecule has 0 atom stereocenters. The average molecular weight is 260 g/mol. The highest BCUT2D eigenvalue weighted by Gasteiger charge is 1.99. The van der Waals surface area contributed by atoms with Crippen molar-refractivity contribution in [1.82, 2.24) is 20.4 Å². The number of primary amides is 1. The molecule has 2 heterocycles. The Morgan fingerprint density at radius 3 is 2.16 bits per heavy atom. The summed E-state index contributed by atoms with van der Waals surface area (Å²) in [7, 11) is 0. The zero-order valence-corrected chi connectivity index (χ0v) is 9.85. The van der Waals surface area contributed by atoms with Crippen molar-refractivity contribution in [3.63, 3.8) is 0 Å². The molecule has 0 aliphatic carbocycles. The van der Waals surface area contributed by atoms with Gasteiger partial charge in [-0.2, -0.15) is 0 Å². The first-order chi connectivity index (χ1) is 9.15. The van der Waals surface area contributed by atoms with Gasteiger partial charge in [-0.25, -0.2) is 10.8 Å². The van der Waals surface area contributed by atoms with E-state index < -0.39 is 5.91 Å². The monoisotopic (exact) mass is 260 g/mol. The molecule has 0 saturated heterocycles. The van der Waals surface area contributed by atoms with Crippen molar-refractivity contribution in [3.05, 3.63) is 54.4 Å². The second-order valence-corrected chi connectivity index (χ2v) is 3.16. The molecule has 0 bridgehead atoms. The third kappa shape index (κ3) is 4.88. The first-order valence-corrected chi connectivity index (χ1v) is 5.12. The minimum absolute atomic E-state index is 0.192. The Bertz CT molecular complexity index is 531. The molecule has 2 rings (SSSR count). The van der Waals surface area contributed by atoms with Gasteiger partial charge in [0.1, 0.15) is 5.69 Å². The summed E-state index contributed by atoms with van der Waals surface area (Å²) in [4.78, 5) is 32.1. The maximum atomic E-state index is 10.7. The molecule has 0 aliphatic rings. The third-order valence-corrected chi connectivity index (χ3v) is 1.89. The molecular formula is C11H12N6O2. The Morgan fingerprint density at radius 1 is 1.05 bits per heavy atom. The zero-order valence-electron chi connectivity index (χ0n) is 9.85. The third-order valence-electron chi connectivity index (χ3n) is 1.89. The van der Waals surface area contributed by atoms with E-state index in [4.69, 9.17) is 11.6 Å². The summed E-state index contributed by atoms with van der Waals surface area (Å²) in [5.41, 5.74) is 7.59. The molecule has 2 aromatic rings. The van der Waals surface area contributed by atoms with Crippen molar-refractivity contribution in [3.8, 4) is 0 Å². The van der Waals surface area contributed by atoms with Crippen LogP contribution >= 0.6 is 0 Å². The lowest BCUT2D eigenvalue weighted by Crippen LogP contribution is -2.29. The number of hydrogen-bond donors (Lipinski definition) is 3. The van der Waals surface area contributed by atoms with E-state index in [9.17, 15) is 9.59 Å². The van der Waals surface area contributed by atoms with Gasteiger partial charge >= 0.3 is 0 Å². The van der Waals surface area contributed by atoms with Crippen molar-refractivity contribution in [2.45, 2.75) is 0 Å². The minimum Gasteiger partial charge on any atom is -0.364 e. The van der Waals surface area contributed by atoms with E-state index in [1.165, 1.54) is 31.0 Å². The predicted molar refractivity (Wildman–Crippen MR) is 66.4 cm³/mol. The largest absolute Gasteiger partial charge is 0.364 e. The fourth-order valence-electron chi connectivity index (χ4n) is 1.01. The second kappa shape index (κ2) is 7.45. The normalized spacial score (nSPS) is 8.89. The van der Waals surface area contributed by atoms with E-state index in [0.717, 1.165) is 0 Å². The molecule has 8 nitrogen and oxygen atoms in total. The van der Waals surface area contributed by atoms with Gasteiger partial charge < -0.3 is 5.73 Å². The molecule has 0 radical (unpaired) electrons. The number of pyridine rings is 1. The van der Waals surface area contributed by atoms with E-state index in [2.05, 4.69) is 15.0 Å². The number of carbonyl (C=O) groups excluding carboxylic acids is 2. The average Bonchev–Trinajstić information content (AvgIpc) is 2.49. The number of hydrazine groups is 1. The van der Waals surface area contributed by atoms with E-state index in [0.29, 0.717) is 5.56 Å². The Balaban J connectivity index is 0.000000191. The van der Waals surface area contributed by atoms with E-state index >= 15 is 0 Å². The van der Waals surface area contributed by atoms with Gasteiger partial charge in [0.25, 0.3) is 11.8 Å². The summed E-state index contributed by atoms with van der Waals surface area (Å²) in [5, 5.41) is 0. The van der Waals surface area contributed by atoms with Gasteiger partial charge in [-0.1, -0.05) is 0 Å². The van der Waals surface area contributed by atoms with Crippen LogP contribution in [-0.2, 0) is 0 Å². The Hall–Kier alpha value is -2.87. The first-order valence-electron chi connectivity index (χ1n) is 5.12. The van der Waals surface area contributed by atoms with Crippen LogP contribution in [0.1, 0.15) is 20.8 Å². The predicted octanol–water partition coefficient (Wildman–Crippen LogP) is -0.739. The van der Waals surface area contributed by atoms with Gasteiger partial charge in [0, 0.05) is 30.4 Å². The number of nitrogens with zero attached hydrogens (tertiary/aromatic N) is 3. The molecule has 19 heavy (non-hydrogen) atoms. The summed E-state index contributed by atoms with van der Waals surface area (Å²) in [5.74, 6) is 4.03. The van der Waals surface area contributed by atoms with Crippen LogP contribution in [-0.4, -0.2) is 26.8 Å². The molecule has 0 spiro atoms. The second-order valence-electron chi connectivity index (χ2n) is 3.16. The van der Waals surface area contributed by atoms with Gasteiger partial charge in [-0.05, 0) is 12.1 Å². The Labute approximate surface area is 108 Å². The maximum absolute atomic E-state index is 10.7. The van der Waals surface area contributed by atoms with E-state index in [-0.39, 0.29) is 11.6 Å². The molecule has 0 aliphatic heterocycles. The summed E-state index contributed by atoms with van der Waals surface area (Å²) < 4.78 is 0. The van der Waals surface area contributed by atoms with Crippen molar-refractivity contribution in [2.75, 3.05) is 0 Å². The van der Waals surface area contributed by atoms with Crippen LogP contribution in [0.25, 0.3) is 0 Å². The van der Waals surface area contributed by atoms with Crippen LogP contribution in [0.3, 0.4) is 0 Å². The number of rotatable bonds is 2. The molecule has 0 aromatic carbocycles. The Kier molecular flexibility index (Phi) is 5.57. The minimum atomic E-state index is -0.553. The van der Waals surface area contributed by atoms with Crippen molar-refractivity contribution in [2.24, 2.45) is 11.6 Å². The highest BCUT2D eigenvalue weighted by molar-refractivity contribution is 5.93. The smallest absolute Gasteiger partial charge is 0.268 e. The first kappa shape index (κ1) is 14.2. The van der Waals surface area contributed by atoms with Crippen LogP contribution in [0.2, 0.25) is 0 Å². The Morgan fingerprint density at radius 2 is 1.74 bits per heavy atom.